The smallest absolute Gasteiger partial charge is 0.0105 e. The second kappa shape index (κ2) is 10.8. The molecule has 0 nitrogen and oxygen atoms in total. The summed E-state index contributed by atoms with van der Waals surface area (Å²) < 4.78 is 0. The summed E-state index contributed by atoms with van der Waals surface area (Å²) in [6.07, 6.45) is 12.3. The lowest BCUT2D eigenvalue weighted by atomic mass is 9.76. The Kier molecular flexibility index (Phi) is 7.62. The Morgan fingerprint density at radius 1 is 0.677 bits per heavy atom. The number of hydrogen-bond acceptors (Lipinski definition) is 0. The van der Waals surface area contributed by atoms with Gasteiger partial charge in [-0.2, -0.15) is 0 Å². The third kappa shape index (κ3) is 5.48. The molecule has 0 heteroatoms. The summed E-state index contributed by atoms with van der Waals surface area (Å²) in [7, 11) is 0. The van der Waals surface area contributed by atoms with Crippen molar-refractivity contribution in [3.63, 3.8) is 0 Å². The molecule has 31 heavy (non-hydrogen) atoms. The van der Waals surface area contributed by atoms with Crippen molar-refractivity contribution in [3.05, 3.63) is 83.9 Å². The van der Waals surface area contributed by atoms with Crippen LogP contribution in [-0.4, -0.2) is 0 Å². The van der Waals surface area contributed by atoms with Crippen molar-refractivity contribution in [2.24, 2.45) is 5.92 Å². The molecule has 4 rings (SSSR count). The van der Waals surface area contributed by atoms with Crippen LogP contribution in [0.1, 0.15) is 82.3 Å². The molecule has 0 saturated heterocycles. The van der Waals surface area contributed by atoms with E-state index < -0.39 is 0 Å². The van der Waals surface area contributed by atoms with Crippen LogP contribution >= 0.6 is 0 Å². The van der Waals surface area contributed by atoms with Gasteiger partial charge in [-0.1, -0.05) is 112 Å². The van der Waals surface area contributed by atoms with Gasteiger partial charge >= 0.3 is 0 Å². The van der Waals surface area contributed by atoms with Crippen LogP contribution in [-0.2, 0) is 6.42 Å². The molecule has 0 radical (unpaired) electrons. The van der Waals surface area contributed by atoms with Crippen LogP contribution in [0.4, 0.5) is 0 Å². The van der Waals surface area contributed by atoms with Crippen molar-refractivity contribution < 1.29 is 0 Å². The van der Waals surface area contributed by atoms with E-state index >= 15 is 0 Å². The van der Waals surface area contributed by atoms with Crippen molar-refractivity contribution in [3.8, 4) is 22.3 Å². The zero-order valence-electron chi connectivity index (χ0n) is 19.4. The van der Waals surface area contributed by atoms with Gasteiger partial charge in [0.25, 0.3) is 0 Å². The summed E-state index contributed by atoms with van der Waals surface area (Å²) in [5, 5.41) is 0. The Morgan fingerprint density at radius 2 is 1.35 bits per heavy atom. The normalized spacial score (nSPS) is 18.8. The maximum Gasteiger partial charge on any atom is -0.0105 e. The third-order valence-electron chi connectivity index (χ3n) is 7.31. The molecule has 1 fully saturated rings. The van der Waals surface area contributed by atoms with Gasteiger partial charge < -0.3 is 0 Å². The molecule has 0 heterocycles. The van der Waals surface area contributed by atoms with Crippen LogP contribution in [0, 0.1) is 5.92 Å². The van der Waals surface area contributed by atoms with Gasteiger partial charge in [-0.25, -0.2) is 0 Å². The molecule has 1 aliphatic carbocycles. The molecule has 1 saturated carbocycles. The van der Waals surface area contributed by atoms with Crippen molar-refractivity contribution in [2.45, 2.75) is 77.6 Å². The van der Waals surface area contributed by atoms with Crippen molar-refractivity contribution in [1.29, 1.82) is 0 Å². The fourth-order valence-corrected chi connectivity index (χ4v) is 5.37. The first-order valence-corrected chi connectivity index (χ1v) is 12.6. The average molecular weight is 411 g/mol. The molecule has 0 spiro atoms. The highest BCUT2D eigenvalue weighted by atomic mass is 14.3. The largest absolute Gasteiger partial charge is 0.0654 e. The third-order valence-corrected chi connectivity index (χ3v) is 7.31. The number of aryl methyl sites for hydroxylation is 1. The first-order chi connectivity index (χ1) is 15.3. The van der Waals surface area contributed by atoms with Crippen LogP contribution in [0.3, 0.4) is 0 Å². The maximum atomic E-state index is 2.48. The van der Waals surface area contributed by atoms with Gasteiger partial charge in [0.1, 0.15) is 0 Å². The molecule has 0 aliphatic heterocycles. The van der Waals surface area contributed by atoms with Crippen molar-refractivity contribution >= 4 is 0 Å². The Balaban J connectivity index is 1.53. The standard InChI is InChI=1S/C31H38/c1-3-5-6-11-25-18-20-26(21-19-25)27-13-10-15-29(23-27)31-17-8-7-16-30(31)28-14-9-12-24(4-2)22-28/h7-10,12-17,22-23,25-26H,3-6,11,18-21H2,1-2H3/t25-,26-. The SMILES string of the molecule is CCCCC[C@H]1CC[C@H](c2cccc(-c3ccccc3-c3cccc(CC)c3)c2)CC1. The lowest BCUT2D eigenvalue weighted by Gasteiger charge is -2.29. The second-order valence-corrected chi connectivity index (χ2v) is 9.44. The molecule has 3 aromatic rings. The van der Waals surface area contributed by atoms with E-state index in [9.17, 15) is 0 Å². The van der Waals surface area contributed by atoms with E-state index in [-0.39, 0.29) is 0 Å². The van der Waals surface area contributed by atoms with Crippen molar-refractivity contribution in [2.75, 3.05) is 0 Å². The van der Waals surface area contributed by atoms with Gasteiger partial charge in [-0.15, -0.1) is 0 Å². The quantitative estimate of drug-likeness (QED) is 0.324. The highest BCUT2D eigenvalue weighted by molar-refractivity contribution is 5.83. The van der Waals surface area contributed by atoms with Gasteiger partial charge in [0, 0.05) is 0 Å². The summed E-state index contributed by atoms with van der Waals surface area (Å²) in [5.41, 5.74) is 8.33. The predicted molar refractivity (Wildman–Crippen MR) is 136 cm³/mol. The molecular weight excluding hydrogens is 372 g/mol. The molecule has 0 aromatic heterocycles. The van der Waals surface area contributed by atoms with E-state index in [0.717, 1.165) is 18.3 Å². The fraction of sp³-hybridized carbons (Fsp3) is 0.419. The lowest BCUT2D eigenvalue weighted by molar-refractivity contribution is 0.303. The van der Waals surface area contributed by atoms with Crippen LogP contribution < -0.4 is 0 Å². The zero-order chi connectivity index (χ0) is 21.5. The molecule has 162 valence electrons. The summed E-state index contributed by atoms with van der Waals surface area (Å²) in [4.78, 5) is 0. The topological polar surface area (TPSA) is 0 Å². The predicted octanol–water partition coefficient (Wildman–Crippen LogP) is 9.44. The van der Waals surface area contributed by atoms with Crippen LogP contribution in [0.15, 0.2) is 72.8 Å². The van der Waals surface area contributed by atoms with Crippen LogP contribution in [0.5, 0.6) is 0 Å². The minimum absolute atomic E-state index is 0.734. The molecular formula is C31H38. The van der Waals surface area contributed by atoms with Crippen molar-refractivity contribution in [1.82, 2.24) is 0 Å². The first kappa shape index (κ1) is 21.9. The Hall–Kier alpha value is -2.34. The average Bonchev–Trinajstić information content (AvgIpc) is 2.85. The number of unbranched alkanes of at least 4 members (excludes halogenated alkanes) is 2. The van der Waals surface area contributed by atoms with E-state index in [1.807, 2.05) is 0 Å². The summed E-state index contributed by atoms with van der Waals surface area (Å²) in [5.74, 6) is 1.70. The van der Waals surface area contributed by atoms with Gasteiger partial charge in [-0.05, 0) is 77.3 Å². The van der Waals surface area contributed by atoms with Crippen LogP contribution in [0.2, 0.25) is 0 Å². The lowest BCUT2D eigenvalue weighted by Crippen LogP contribution is -2.13. The highest BCUT2D eigenvalue weighted by Crippen LogP contribution is 2.40. The van der Waals surface area contributed by atoms with Gasteiger partial charge in [0.05, 0.1) is 0 Å². The van der Waals surface area contributed by atoms with Crippen LogP contribution in [0.25, 0.3) is 22.3 Å². The van der Waals surface area contributed by atoms with E-state index in [4.69, 9.17) is 0 Å². The number of benzene rings is 3. The number of hydrogen-bond donors (Lipinski definition) is 0. The Morgan fingerprint density at radius 3 is 2.03 bits per heavy atom. The van der Waals surface area contributed by atoms with Gasteiger partial charge in [0.15, 0.2) is 0 Å². The minimum Gasteiger partial charge on any atom is -0.0654 e. The van der Waals surface area contributed by atoms with Gasteiger partial charge in [0.2, 0.25) is 0 Å². The maximum absolute atomic E-state index is 2.48. The molecule has 3 aromatic carbocycles. The molecule has 1 aliphatic rings. The van der Waals surface area contributed by atoms with E-state index in [0.29, 0.717) is 0 Å². The van der Waals surface area contributed by atoms with E-state index in [1.165, 1.54) is 79.2 Å². The molecule has 0 bridgehead atoms. The fourth-order valence-electron chi connectivity index (χ4n) is 5.37. The second-order valence-electron chi connectivity index (χ2n) is 9.44. The summed E-state index contributed by atoms with van der Waals surface area (Å²) in [6, 6.07) is 27.3. The molecule has 0 N–H and O–H groups in total. The summed E-state index contributed by atoms with van der Waals surface area (Å²) in [6.45, 7) is 4.54. The monoisotopic (exact) mass is 410 g/mol. The van der Waals surface area contributed by atoms with E-state index in [2.05, 4.69) is 86.6 Å². The van der Waals surface area contributed by atoms with E-state index in [1.54, 1.807) is 5.56 Å². The highest BCUT2D eigenvalue weighted by Gasteiger charge is 2.22. The Labute approximate surface area is 189 Å². The molecule has 0 amide bonds. The Bertz CT molecular complexity index is 959. The number of rotatable bonds is 8. The summed E-state index contributed by atoms with van der Waals surface area (Å²) >= 11 is 0. The molecule has 0 unspecified atom stereocenters. The first-order valence-electron chi connectivity index (χ1n) is 12.6. The zero-order valence-corrected chi connectivity index (χ0v) is 19.4. The molecule has 0 atom stereocenters. The minimum atomic E-state index is 0.734. The van der Waals surface area contributed by atoms with Gasteiger partial charge in [-0.3, -0.25) is 0 Å².